The van der Waals surface area contributed by atoms with Crippen LogP contribution in [0.25, 0.3) is 5.76 Å². The summed E-state index contributed by atoms with van der Waals surface area (Å²) in [4.78, 5) is 28.2. The fraction of sp³-hybridized carbons (Fsp3) is 0.172. The number of hydrogen-bond donors (Lipinski definition) is 1. The van der Waals surface area contributed by atoms with Gasteiger partial charge in [-0.1, -0.05) is 59.0 Å². The van der Waals surface area contributed by atoms with Gasteiger partial charge < -0.3 is 9.84 Å². The van der Waals surface area contributed by atoms with Crippen LogP contribution >= 0.6 is 34.7 Å². The highest BCUT2D eigenvalue weighted by atomic mass is 35.5. The maximum Gasteiger partial charge on any atom is 0.301 e. The van der Waals surface area contributed by atoms with Gasteiger partial charge in [0, 0.05) is 22.8 Å². The molecule has 2 atom stereocenters. The van der Waals surface area contributed by atoms with Crippen LogP contribution < -0.4 is 9.64 Å². The molecule has 11 heteroatoms. The molecule has 1 saturated heterocycles. The molecule has 0 spiro atoms. The minimum absolute atomic E-state index is 0.0111. The Labute approximate surface area is 242 Å². The van der Waals surface area contributed by atoms with Crippen molar-refractivity contribution in [2.24, 2.45) is 0 Å². The van der Waals surface area contributed by atoms with E-state index in [-0.39, 0.29) is 28.4 Å². The van der Waals surface area contributed by atoms with E-state index in [4.69, 9.17) is 16.3 Å². The van der Waals surface area contributed by atoms with Gasteiger partial charge in [0.05, 0.1) is 11.6 Å². The summed E-state index contributed by atoms with van der Waals surface area (Å²) in [6, 6.07) is 17.2. The van der Waals surface area contributed by atoms with Crippen molar-refractivity contribution in [2.45, 2.75) is 35.6 Å². The first-order valence-electron chi connectivity index (χ1n) is 12.4. The van der Waals surface area contributed by atoms with Crippen molar-refractivity contribution < 1.29 is 23.8 Å². The standard InChI is InChI=1S/C29H21ClFN3O4S2/c1-15-11-19-12-18(7-10-22(19)38-15)25(35)23-24(17-3-2-4-20(30)13-17)34(27(37)26(23)36)28-32-33-29(40-28)39-14-16-5-8-21(31)9-6-16/h2-10,12-13,15,24,35H,11,14H2,1H3/b25-23+/t15-,24+/m0/s1. The number of carbonyl (C=O) groups is 2. The van der Waals surface area contributed by atoms with E-state index in [1.54, 1.807) is 54.6 Å². The summed E-state index contributed by atoms with van der Waals surface area (Å²) in [5.41, 5.74) is 2.71. The number of halogens is 2. The SMILES string of the molecule is C[C@H]1Cc2cc(/C(O)=C3\C(=O)C(=O)N(c4nnc(SCc5ccc(F)cc5)s4)[C@@H]3c3cccc(Cl)c3)ccc2O1. The molecule has 6 rings (SSSR count). The summed E-state index contributed by atoms with van der Waals surface area (Å²) in [6.45, 7) is 1.96. The second-order valence-electron chi connectivity index (χ2n) is 9.44. The van der Waals surface area contributed by atoms with Crippen LogP contribution in [0.5, 0.6) is 5.75 Å². The van der Waals surface area contributed by atoms with Gasteiger partial charge >= 0.3 is 5.91 Å². The summed E-state index contributed by atoms with van der Waals surface area (Å²) in [5.74, 6) is -1.00. The minimum atomic E-state index is -0.968. The van der Waals surface area contributed by atoms with Gasteiger partial charge in [0.2, 0.25) is 5.13 Å². The number of aliphatic hydroxyl groups excluding tert-OH is 1. The number of carbonyl (C=O) groups excluding carboxylic acids is 2. The Bertz CT molecular complexity index is 1670. The Morgan fingerprint density at radius 2 is 1.95 bits per heavy atom. The molecule has 2 aliphatic heterocycles. The number of benzene rings is 3. The largest absolute Gasteiger partial charge is 0.507 e. The second kappa shape index (κ2) is 10.7. The number of aliphatic hydroxyl groups is 1. The number of anilines is 1. The van der Waals surface area contributed by atoms with Gasteiger partial charge in [0.1, 0.15) is 23.4 Å². The molecular weight excluding hydrogens is 573 g/mol. The number of rotatable bonds is 6. The van der Waals surface area contributed by atoms with Gasteiger partial charge in [-0.15, -0.1) is 10.2 Å². The molecule has 202 valence electrons. The summed E-state index contributed by atoms with van der Waals surface area (Å²) in [5, 5.41) is 20.5. The molecule has 0 saturated carbocycles. The van der Waals surface area contributed by atoms with Crippen molar-refractivity contribution in [1.29, 1.82) is 0 Å². The third-order valence-corrected chi connectivity index (χ3v) is 9.02. The van der Waals surface area contributed by atoms with Crippen LogP contribution in [0.4, 0.5) is 9.52 Å². The fourth-order valence-corrected chi connectivity index (χ4v) is 6.85. The highest BCUT2D eigenvalue weighted by molar-refractivity contribution is 8.00. The van der Waals surface area contributed by atoms with Crippen molar-refractivity contribution in [3.05, 3.63) is 105 Å². The number of nitrogens with zero attached hydrogens (tertiary/aromatic N) is 3. The molecule has 1 aromatic heterocycles. The maximum atomic E-state index is 13.5. The summed E-state index contributed by atoms with van der Waals surface area (Å²) in [6.07, 6.45) is 0.683. The molecule has 3 heterocycles. The zero-order valence-corrected chi connectivity index (χ0v) is 23.4. The number of ether oxygens (including phenoxy) is 1. The van der Waals surface area contributed by atoms with Crippen LogP contribution in [0.1, 0.15) is 35.2 Å². The summed E-state index contributed by atoms with van der Waals surface area (Å²) < 4.78 is 19.6. The highest BCUT2D eigenvalue weighted by Gasteiger charge is 2.48. The molecule has 0 bridgehead atoms. The van der Waals surface area contributed by atoms with Gasteiger partial charge in [0.15, 0.2) is 4.34 Å². The predicted molar refractivity (Wildman–Crippen MR) is 152 cm³/mol. The number of hydrogen-bond acceptors (Lipinski definition) is 8. The zero-order valence-electron chi connectivity index (χ0n) is 21.0. The molecule has 40 heavy (non-hydrogen) atoms. The smallest absolute Gasteiger partial charge is 0.301 e. The Morgan fingerprint density at radius 3 is 2.73 bits per heavy atom. The average Bonchev–Trinajstić information content (AvgIpc) is 3.63. The lowest BCUT2D eigenvalue weighted by Gasteiger charge is -2.22. The van der Waals surface area contributed by atoms with Crippen LogP contribution in [-0.4, -0.2) is 33.1 Å². The molecule has 0 aliphatic carbocycles. The Hall–Kier alpha value is -3.73. The molecule has 7 nitrogen and oxygen atoms in total. The molecule has 2 aliphatic rings. The highest BCUT2D eigenvalue weighted by Crippen LogP contribution is 2.45. The van der Waals surface area contributed by atoms with E-state index in [1.807, 2.05) is 6.92 Å². The van der Waals surface area contributed by atoms with Crippen LogP contribution in [0.15, 0.2) is 76.6 Å². The van der Waals surface area contributed by atoms with E-state index in [2.05, 4.69) is 10.2 Å². The number of Topliss-reactive ketones (excluding diaryl/α,β-unsaturated/α-hetero) is 1. The Morgan fingerprint density at radius 1 is 1.15 bits per heavy atom. The number of ketones is 1. The second-order valence-corrected chi connectivity index (χ2v) is 12.1. The fourth-order valence-electron chi connectivity index (χ4n) is 4.83. The third kappa shape index (κ3) is 4.98. The number of amides is 1. The number of aromatic nitrogens is 2. The van der Waals surface area contributed by atoms with Gasteiger partial charge in [-0.3, -0.25) is 14.5 Å². The Kier molecular flexibility index (Phi) is 7.07. The van der Waals surface area contributed by atoms with Gasteiger partial charge in [-0.2, -0.15) is 0 Å². The quantitative estimate of drug-likeness (QED) is 0.0888. The topological polar surface area (TPSA) is 92.6 Å². The average molecular weight is 594 g/mol. The van der Waals surface area contributed by atoms with Crippen LogP contribution in [0, 0.1) is 5.82 Å². The van der Waals surface area contributed by atoms with Crippen LogP contribution in [0.3, 0.4) is 0 Å². The third-order valence-electron chi connectivity index (χ3n) is 6.66. The molecule has 1 N–H and O–H groups in total. The minimum Gasteiger partial charge on any atom is -0.507 e. The van der Waals surface area contributed by atoms with Crippen molar-refractivity contribution in [3.63, 3.8) is 0 Å². The van der Waals surface area contributed by atoms with E-state index in [0.717, 1.165) is 28.2 Å². The van der Waals surface area contributed by atoms with Crippen molar-refractivity contribution >= 4 is 57.3 Å². The maximum absolute atomic E-state index is 13.5. The summed E-state index contributed by atoms with van der Waals surface area (Å²) in [7, 11) is 0. The van der Waals surface area contributed by atoms with E-state index in [0.29, 0.717) is 32.7 Å². The first-order chi connectivity index (χ1) is 19.3. The van der Waals surface area contributed by atoms with Crippen molar-refractivity contribution in [3.8, 4) is 5.75 Å². The van der Waals surface area contributed by atoms with Crippen molar-refractivity contribution in [1.82, 2.24) is 10.2 Å². The number of thioether (sulfide) groups is 1. The lowest BCUT2D eigenvalue weighted by atomic mass is 9.94. The lowest BCUT2D eigenvalue weighted by molar-refractivity contribution is -0.132. The van der Waals surface area contributed by atoms with Crippen LogP contribution in [-0.2, 0) is 21.8 Å². The van der Waals surface area contributed by atoms with E-state index in [1.165, 1.54) is 28.8 Å². The first-order valence-corrected chi connectivity index (χ1v) is 14.5. The van der Waals surface area contributed by atoms with E-state index in [9.17, 15) is 19.1 Å². The first kappa shape index (κ1) is 26.5. The summed E-state index contributed by atoms with van der Waals surface area (Å²) >= 11 is 8.83. The molecule has 0 unspecified atom stereocenters. The molecular formula is C29H21ClFN3O4S2. The monoisotopic (exact) mass is 593 g/mol. The Balaban J connectivity index is 1.38. The lowest BCUT2D eigenvalue weighted by Crippen LogP contribution is -2.29. The van der Waals surface area contributed by atoms with Crippen molar-refractivity contribution in [2.75, 3.05) is 4.90 Å². The van der Waals surface area contributed by atoms with Gasteiger partial charge in [0.25, 0.3) is 5.78 Å². The molecule has 3 aromatic carbocycles. The molecule has 0 radical (unpaired) electrons. The van der Waals surface area contributed by atoms with Gasteiger partial charge in [-0.25, -0.2) is 4.39 Å². The molecule has 4 aromatic rings. The van der Waals surface area contributed by atoms with E-state index >= 15 is 0 Å². The van der Waals surface area contributed by atoms with Gasteiger partial charge in [-0.05, 0) is 66.1 Å². The predicted octanol–water partition coefficient (Wildman–Crippen LogP) is 6.57. The normalized spacial score (nSPS) is 19.6. The molecule has 1 amide bonds. The number of fused-ring (bicyclic) bond motifs is 1. The molecule has 1 fully saturated rings. The van der Waals surface area contributed by atoms with Crippen LogP contribution in [0.2, 0.25) is 5.02 Å². The van der Waals surface area contributed by atoms with E-state index < -0.39 is 17.7 Å². The zero-order chi connectivity index (χ0) is 28.0.